The van der Waals surface area contributed by atoms with Crippen LogP contribution in [0.1, 0.15) is 16.7 Å². The van der Waals surface area contributed by atoms with Crippen LogP contribution in [0.5, 0.6) is 0 Å². The number of methoxy groups -OCH3 is 1. The molecule has 0 unspecified atom stereocenters. The van der Waals surface area contributed by atoms with Gasteiger partial charge >= 0.3 is 12.1 Å². The number of esters is 1. The van der Waals surface area contributed by atoms with E-state index in [1.54, 1.807) is 0 Å². The van der Waals surface area contributed by atoms with Crippen molar-refractivity contribution < 1.29 is 27.4 Å². The van der Waals surface area contributed by atoms with Gasteiger partial charge in [0.15, 0.2) is 0 Å². The van der Waals surface area contributed by atoms with Crippen LogP contribution in [0.15, 0.2) is 34.2 Å². The number of benzene rings is 1. The minimum absolute atomic E-state index is 0.00267. The van der Waals surface area contributed by atoms with Crippen molar-refractivity contribution in [2.75, 3.05) is 20.3 Å². The van der Waals surface area contributed by atoms with E-state index in [-0.39, 0.29) is 34.5 Å². The fourth-order valence-corrected chi connectivity index (χ4v) is 2.61. The number of aromatic nitrogens is 2. The number of hydrogen-bond donors (Lipinski definition) is 0. The molecule has 0 saturated carbocycles. The summed E-state index contributed by atoms with van der Waals surface area (Å²) >= 11 is 12.0. The van der Waals surface area contributed by atoms with Crippen LogP contribution in [0.25, 0.3) is 11.8 Å². The number of nitrogens with zero attached hydrogens (tertiary/aromatic N) is 2. The molecular formula is C18H15Cl2F3N2O4. The summed E-state index contributed by atoms with van der Waals surface area (Å²) in [5.41, 5.74) is -2.18. The second-order valence-electron chi connectivity index (χ2n) is 5.72. The van der Waals surface area contributed by atoms with Gasteiger partial charge in [0.1, 0.15) is 11.6 Å². The van der Waals surface area contributed by atoms with E-state index in [0.717, 1.165) is 11.6 Å². The third-order valence-corrected chi connectivity index (χ3v) is 4.35. The normalized spacial score (nSPS) is 12.2. The summed E-state index contributed by atoms with van der Waals surface area (Å²) in [5, 5.41) is 3.49. The van der Waals surface area contributed by atoms with Gasteiger partial charge in [-0.15, -0.1) is 0 Å². The number of carbonyl (C=O) groups excluding carboxylic acids is 1. The second-order valence-corrected chi connectivity index (χ2v) is 6.54. The van der Waals surface area contributed by atoms with Crippen LogP contribution >= 0.6 is 23.2 Å². The van der Waals surface area contributed by atoms with Gasteiger partial charge in [0.2, 0.25) is 0 Å². The van der Waals surface area contributed by atoms with Gasteiger partial charge < -0.3 is 9.47 Å². The average molecular weight is 451 g/mol. The van der Waals surface area contributed by atoms with E-state index < -0.39 is 28.8 Å². The maximum absolute atomic E-state index is 12.9. The van der Waals surface area contributed by atoms with Gasteiger partial charge in [-0.05, 0) is 36.8 Å². The Morgan fingerprint density at radius 3 is 2.62 bits per heavy atom. The Kier molecular flexibility index (Phi) is 7.45. The molecule has 0 spiro atoms. The van der Waals surface area contributed by atoms with Crippen molar-refractivity contribution in [3.8, 4) is 5.69 Å². The van der Waals surface area contributed by atoms with Gasteiger partial charge in [0.05, 0.1) is 24.1 Å². The predicted molar refractivity (Wildman–Crippen MR) is 101 cm³/mol. The Balaban J connectivity index is 2.41. The van der Waals surface area contributed by atoms with E-state index in [9.17, 15) is 22.8 Å². The van der Waals surface area contributed by atoms with Crippen LogP contribution in [0.2, 0.25) is 5.02 Å². The lowest BCUT2D eigenvalue weighted by Crippen LogP contribution is -2.27. The fraction of sp³-hybridized carbons (Fsp3) is 0.278. The first-order valence-corrected chi connectivity index (χ1v) is 8.81. The highest BCUT2D eigenvalue weighted by Gasteiger charge is 2.34. The molecule has 0 bridgehead atoms. The molecule has 156 valence electrons. The maximum atomic E-state index is 12.9. The molecule has 1 heterocycles. The molecule has 0 amide bonds. The molecule has 11 heteroatoms. The summed E-state index contributed by atoms with van der Waals surface area (Å²) in [6, 6.07) is 4.14. The van der Waals surface area contributed by atoms with Crippen LogP contribution in [-0.2, 0) is 20.4 Å². The van der Waals surface area contributed by atoms with Gasteiger partial charge in [-0.2, -0.15) is 23.0 Å². The van der Waals surface area contributed by atoms with Crippen molar-refractivity contribution in [1.82, 2.24) is 9.78 Å². The van der Waals surface area contributed by atoms with E-state index >= 15 is 0 Å². The molecule has 0 atom stereocenters. The van der Waals surface area contributed by atoms with Crippen LogP contribution < -0.4 is 5.56 Å². The first-order chi connectivity index (χ1) is 13.6. The summed E-state index contributed by atoms with van der Waals surface area (Å²) < 4.78 is 49.2. The number of alkyl halides is 3. The van der Waals surface area contributed by atoms with Crippen molar-refractivity contribution in [2.24, 2.45) is 0 Å². The molecule has 2 aromatic rings. The van der Waals surface area contributed by atoms with E-state index in [1.807, 2.05) is 0 Å². The summed E-state index contributed by atoms with van der Waals surface area (Å²) in [5.74, 6) is -0.814. The molecule has 1 aromatic heterocycles. The molecule has 6 nitrogen and oxygen atoms in total. The number of halogens is 5. The van der Waals surface area contributed by atoms with Gasteiger partial charge in [-0.3, -0.25) is 4.79 Å². The fourth-order valence-electron chi connectivity index (χ4n) is 2.26. The minimum atomic E-state index is -4.69. The molecule has 0 radical (unpaired) electrons. The van der Waals surface area contributed by atoms with Crippen molar-refractivity contribution in [2.45, 2.75) is 13.1 Å². The van der Waals surface area contributed by atoms with E-state index in [1.165, 1.54) is 31.4 Å². The molecule has 0 saturated heterocycles. The largest absolute Gasteiger partial charge is 0.459 e. The lowest BCUT2D eigenvalue weighted by Gasteiger charge is -2.12. The first-order valence-electron chi connectivity index (χ1n) is 8.05. The number of carbonyl (C=O) groups is 1. The van der Waals surface area contributed by atoms with Crippen LogP contribution in [0.3, 0.4) is 0 Å². The zero-order chi connectivity index (χ0) is 21.8. The van der Waals surface area contributed by atoms with Crippen molar-refractivity contribution >= 4 is 35.2 Å². The van der Waals surface area contributed by atoms with Crippen LogP contribution in [-0.4, -0.2) is 36.1 Å². The highest BCUT2D eigenvalue weighted by atomic mass is 35.5. The first kappa shape index (κ1) is 22.9. The highest BCUT2D eigenvalue weighted by molar-refractivity contribution is 6.43. The number of ether oxygens (including phenoxy) is 2. The van der Waals surface area contributed by atoms with Crippen molar-refractivity contribution in [3.05, 3.63) is 61.5 Å². The Hall–Kier alpha value is -2.36. The molecular weight excluding hydrogens is 436 g/mol. The molecule has 0 fully saturated rings. The monoisotopic (exact) mass is 450 g/mol. The Morgan fingerprint density at radius 2 is 2.00 bits per heavy atom. The van der Waals surface area contributed by atoms with Gasteiger partial charge in [-0.25, -0.2) is 4.79 Å². The zero-order valence-corrected chi connectivity index (χ0v) is 16.7. The molecule has 1 aromatic carbocycles. The van der Waals surface area contributed by atoms with Gasteiger partial charge in [0.25, 0.3) is 5.56 Å². The third-order valence-electron chi connectivity index (χ3n) is 3.75. The Bertz CT molecular complexity index is 1000. The standard InChI is InChI=1S/C18H15Cl2F3N2O4/c1-10-13(18(21,22)23)9-24-25(16(10)26)12-3-4-14(19)11(7-12)8-15(20)17(27)29-6-5-28-2/h3-4,7-9H,5-6H2,1-2H3. The average Bonchev–Trinajstić information content (AvgIpc) is 2.64. The molecule has 0 N–H and O–H groups in total. The lowest BCUT2D eigenvalue weighted by atomic mass is 10.1. The van der Waals surface area contributed by atoms with E-state index in [4.69, 9.17) is 32.7 Å². The lowest BCUT2D eigenvalue weighted by molar-refractivity contribution is -0.139. The molecule has 29 heavy (non-hydrogen) atoms. The van der Waals surface area contributed by atoms with Crippen molar-refractivity contribution in [1.29, 1.82) is 0 Å². The van der Waals surface area contributed by atoms with Gasteiger partial charge in [0, 0.05) is 17.7 Å². The highest BCUT2D eigenvalue weighted by Crippen LogP contribution is 2.30. The Labute approximate surface area is 173 Å². The third kappa shape index (κ3) is 5.59. The predicted octanol–water partition coefficient (Wildman–Crippen LogP) is 3.98. The summed E-state index contributed by atoms with van der Waals surface area (Å²) in [6.45, 7) is 1.25. The smallest absolute Gasteiger partial charge is 0.418 e. The topological polar surface area (TPSA) is 70.4 Å². The zero-order valence-electron chi connectivity index (χ0n) is 15.2. The SMILES string of the molecule is COCCOC(=O)C(Cl)=Cc1cc(-n2ncc(C(F)(F)F)c(C)c2=O)ccc1Cl. The molecule has 0 aliphatic carbocycles. The maximum Gasteiger partial charge on any atom is 0.418 e. The van der Waals surface area contributed by atoms with Crippen molar-refractivity contribution in [3.63, 3.8) is 0 Å². The summed E-state index contributed by atoms with van der Waals surface area (Å²) in [6.07, 6.45) is -2.91. The number of rotatable bonds is 6. The van der Waals surface area contributed by atoms with Crippen LogP contribution in [0, 0.1) is 6.92 Å². The summed E-state index contributed by atoms with van der Waals surface area (Å²) in [4.78, 5) is 24.2. The van der Waals surface area contributed by atoms with Crippen LogP contribution in [0.4, 0.5) is 13.2 Å². The molecule has 0 aliphatic rings. The van der Waals surface area contributed by atoms with E-state index in [2.05, 4.69) is 5.10 Å². The van der Waals surface area contributed by atoms with Gasteiger partial charge in [-0.1, -0.05) is 23.2 Å². The summed E-state index contributed by atoms with van der Waals surface area (Å²) in [7, 11) is 1.44. The minimum Gasteiger partial charge on any atom is -0.459 e. The quantitative estimate of drug-likeness (QED) is 0.378. The van der Waals surface area contributed by atoms with E-state index in [0.29, 0.717) is 6.20 Å². The second kappa shape index (κ2) is 9.43. The molecule has 0 aliphatic heterocycles. The Morgan fingerprint density at radius 1 is 1.31 bits per heavy atom. The number of hydrogen-bond acceptors (Lipinski definition) is 5. The molecule has 2 rings (SSSR count).